The first kappa shape index (κ1) is 12.6. The van der Waals surface area contributed by atoms with E-state index >= 15 is 0 Å². The Hall–Kier alpha value is -0.900. The maximum atomic E-state index is 4.37. The summed E-state index contributed by atoms with van der Waals surface area (Å²) in [4.78, 5) is 0. The molecule has 0 saturated heterocycles. The van der Waals surface area contributed by atoms with Crippen LogP contribution in [0.25, 0.3) is 0 Å². The highest BCUT2D eigenvalue weighted by molar-refractivity contribution is 5.01. The fourth-order valence-electron chi connectivity index (χ4n) is 2.41. The predicted molar refractivity (Wildman–Crippen MR) is 68.9 cm³/mol. The smallest absolute Gasteiger partial charge is 0.149 e. The van der Waals surface area contributed by atoms with Crippen LogP contribution in [0.1, 0.15) is 63.6 Å². The molecule has 0 saturated carbocycles. The van der Waals surface area contributed by atoms with E-state index in [1.807, 2.05) is 0 Å². The minimum Gasteiger partial charge on any atom is -0.314 e. The van der Waals surface area contributed by atoms with Crippen LogP contribution in [0, 0.1) is 0 Å². The van der Waals surface area contributed by atoms with Crippen molar-refractivity contribution in [3.05, 3.63) is 11.6 Å². The zero-order valence-electron chi connectivity index (χ0n) is 11.1. The van der Waals surface area contributed by atoms with E-state index < -0.39 is 0 Å². The SMILES string of the molecule is CCCCNC(C)c1nnc2n1CCCCC2. The highest BCUT2D eigenvalue weighted by atomic mass is 15.3. The molecule has 2 rings (SSSR count). The number of aryl methyl sites for hydroxylation is 1. The van der Waals surface area contributed by atoms with Gasteiger partial charge in [0, 0.05) is 13.0 Å². The van der Waals surface area contributed by atoms with Gasteiger partial charge in [-0.15, -0.1) is 10.2 Å². The van der Waals surface area contributed by atoms with E-state index in [0.29, 0.717) is 6.04 Å². The molecule has 1 atom stereocenters. The third-order valence-corrected chi connectivity index (χ3v) is 3.51. The van der Waals surface area contributed by atoms with Crippen LogP contribution in [-0.4, -0.2) is 21.3 Å². The summed E-state index contributed by atoms with van der Waals surface area (Å²) in [5, 5.41) is 12.2. The molecule has 0 aromatic carbocycles. The second-order valence-corrected chi connectivity index (χ2v) is 4.97. The molecular weight excluding hydrogens is 212 g/mol. The van der Waals surface area contributed by atoms with E-state index in [-0.39, 0.29) is 0 Å². The van der Waals surface area contributed by atoms with Gasteiger partial charge in [0.2, 0.25) is 0 Å². The van der Waals surface area contributed by atoms with Crippen LogP contribution in [0.3, 0.4) is 0 Å². The van der Waals surface area contributed by atoms with Crippen LogP contribution in [0.4, 0.5) is 0 Å². The monoisotopic (exact) mass is 236 g/mol. The van der Waals surface area contributed by atoms with Crippen molar-refractivity contribution < 1.29 is 0 Å². The number of fused-ring (bicyclic) bond motifs is 1. The van der Waals surface area contributed by atoms with Gasteiger partial charge in [-0.3, -0.25) is 0 Å². The van der Waals surface area contributed by atoms with E-state index in [4.69, 9.17) is 0 Å². The largest absolute Gasteiger partial charge is 0.314 e. The predicted octanol–water partition coefficient (Wildman–Crippen LogP) is 2.46. The lowest BCUT2D eigenvalue weighted by Gasteiger charge is -2.14. The van der Waals surface area contributed by atoms with Gasteiger partial charge >= 0.3 is 0 Å². The van der Waals surface area contributed by atoms with Gasteiger partial charge in [0.15, 0.2) is 0 Å². The molecule has 0 amide bonds. The van der Waals surface area contributed by atoms with E-state index in [1.165, 1.54) is 37.9 Å². The third-order valence-electron chi connectivity index (χ3n) is 3.51. The van der Waals surface area contributed by atoms with Gasteiger partial charge in [-0.05, 0) is 32.7 Å². The van der Waals surface area contributed by atoms with E-state index in [1.54, 1.807) is 0 Å². The maximum absolute atomic E-state index is 4.37. The summed E-state index contributed by atoms with van der Waals surface area (Å²) in [5.74, 6) is 2.31. The lowest BCUT2D eigenvalue weighted by atomic mass is 10.2. The third kappa shape index (κ3) is 3.06. The lowest BCUT2D eigenvalue weighted by Crippen LogP contribution is -2.23. The van der Waals surface area contributed by atoms with E-state index in [2.05, 4.69) is 33.9 Å². The molecule has 0 bridgehead atoms. The van der Waals surface area contributed by atoms with Gasteiger partial charge in [-0.1, -0.05) is 19.8 Å². The molecule has 0 radical (unpaired) electrons. The van der Waals surface area contributed by atoms with Crippen LogP contribution >= 0.6 is 0 Å². The highest BCUT2D eigenvalue weighted by Crippen LogP contribution is 2.18. The highest BCUT2D eigenvalue weighted by Gasteiger charge is 2.18. The summed E-state index contributed by atoms with van der Waals surface area (Å²) >= 11 is 0. The summed E-state index contributed by atoms with van der Waals surface area (Å²) < 4.78 is 2.33. The molecule has 1 aromatic heterocycles. The minimum atomic E-state index is 0.320. The van der Waals surface area contributed by atoms with Crippen molar-refractivity contribution in [3.63, 3.8) is 0 Å². The van der Waals surface area contributed by atoms with Gasteiger partial charge in [-0.25, -0.2) is 0 Å². The quantitative estimate of drug-likeness (QED) is 0.799. The Morgan fingerprint density at radius 1 is 1.29 bits per heavy atom. The molecule has 4 heteroatoms. The summed E-state index contributed by atoms with van der Waals surface area (Å²) in [5.41, 5.74) is 0. The standard InChI is InChI=1S/C13H24N4/c1-3-4-9-14-11(2)13-16-15-12-8-6-5-7-10-17(12)13/h11,14H,3-10H2,1-2H3. The van der Waals surface area contributed by atoms with Crippen molar-refractivity contribution >= 4 is 0 Å². The Labute approximate surface area is 104 Å². The Balaban J connectivity index is 2.02. The number of unbranched alkanes of at least 4 members (excludes halogenated alkanes) is 1. The Morgan fingerprint density at radius 3 is 3.00 bits per heavy atom. The van der Waals surface area contributed by atoms with Gasteiger partial charge < -0.3 is 9.88 Å². The molecule has 1 N–H and O–H groups in total. The molecule has 1 unspecified atom stereocenters. The molecule has 2 heterocycles. The molecule has 0 aliphatic carbocycles. The molecule has 0 spiro atoms. The molecule has 96 valence electrons. The summed E-state index contributed by atoms with van der Waals surface area (Å²) in [7, 11) is 0. The fourth-order valence-corrected chi connectivity index (χ4v) is 2.41. The van der Waals surface area contributed by atoms with Gasteiger partial charge in [0.25, 0.3) is 0 Å². The molecule has 0 fully saturated rings. The number of rotatable bonds is 5. The van der Waals surface area contributed by atoms with Gasteiger partial charge in [0.1, 0.15) is 11.6 Å². The molecule has 1 aromatic rings. The number of nitrogens with zero attached hydrogens (tertiary/aromatic N) is 3. The first-order valence-electron chi connectivity index (χ1n) is 6.98. The van der Waals surface area contributed by atoms with Gasteiger partial charge in [0.05, 0.1) is 6.04 Å². The summed E-state index contributed by atoms with van der Waals surface area (Å²) in [6.45, 7) is 6.57. The second-order valence-electron chi connectivity index (χ2n) is 4.97. The summed E-state index contributed by atoms with van der Waals surface area (Å²) in [6, 6.07) is 0.320. The Kier molecular flexibility index (Phi) is 4.54. The molecule has 1 aliphatic heterocycles. The Bertz CT molecular complexity index is 345. The van der Waals surface area contributed by atoms with Crippen molar-refractivity contribution in [1.29, 1.82) is 0 Å². The van der Waals surface area contributed by atoms with Crippen LogP contribution in [0.5, 0.6) is 0 Å². The maximum Gasteiger partial charge on any atom is 0.149 e. The fraction of sp³-hybridized carbons (Fsp3) is 0.846. The number of aromatic nitrogens is 3. The second kappa shape index (κ2) is 6.15. The van der Waals surface area contributed by atoms with Crippen LogP contribution in [-0.2, 0) is 13.0 Å². The molecule has 4 nitrogen and oxygen atoms in total. The van der Waals surface area contributed by atoms with Crippen LogP contribution < -0.4 is 5.32 Å². The van der Waals surface area contributed by atoms with E-state index in [9.17, 15) is 0 Å². The zero-order valence-corrected chi connectivity index (χ0v) is 11.1. The topological polar surface area (TPSA) is 42.7 Å². The van der Waals surface area contributed by atoms with E-state index in [0.717, 1.165) is 25.3 Å². The summed E-state index contributed by atoms with van der Waals surface area (Å²) in [6.07, 6.45) is 7.40. The van der Waals surface area contributed by atoms with Crippen LogP contribution in [0.15, 0.2) is 0 Å². The van der Waals surface area contributed by atoms with Crippen molar-refractivity contribution in [2.45, 2.75) is 65.0 Å². The zero-order chi connectivity index (χ0) is 12.1. The van der Waals surface area contributed by atoms with Gasteiger partial charge in [-0.2, -0.15) is 0 Å². The average Bonchev–Trinajstić information content (AvgIpc) is 2.59. The average molecular weight is 236 g/mol. The number of hydrogen-bond acceptors (Lipinski definition) is 3. The van der Waals surface area contributed by atoms with Crippen molar-refractivity contribution in [3.8, 4) is 0 Å². The lowest BCUT2D eigenvalue weighted by molar-refractivity contribution is 0.495. The molecular formula is C13H24N4. The first-order valence-corrected chi connectivity index (χ1v) is 6.98. The Morgan fingerprint density at radius 2 is 2.18 bits per heavy atom. The molecule has 1 aliphatic rings. The van der Waals surface area contributed by atoms with Crippen molar-refractivity contribution in [2.75, 3.05) is 6.54 Å². The molecule has 17 heavy (non-hydrogen) atoms. The number of nitrogens with one attached hydrogen (secondary N) is 1. The van der Waals surface area contributed by atoms with Crippen molar-refractivity contribution in [2.24, 2.45) is 0 Å². The normalized spacial score (nSPS) is 17.5. The minimum absolute atomic E-state index is 0.320. The van der Waals surface area contributed by atoms with Crippen LogP contribution in [0.2, 0.25) is 0 Å². The van der Waals surface area contributed by atoms with Crippen molar-refractivity contribution in [1.82, 2.24) is 20.1 Å². The first-order chi connectivity index (χ1) is 8.33. The number of hydrogen-bond donors (Lipinski definition) is 1.